The first-order chi connectivity index (χ1) is 36.0. The maximum Gasteiger partial charge on any atom is 0.164 e. The molecule has 10 aromatic carbocycles. The van der Waals surface area contributed by atoms with E-state index in [4.69, 9.17) is 23.2 Å². The number of rotatable bonds is 7. The minimum Gasteiger partial charge on any atom is -0.309 e. The van der Waals surface area contributed by atoms with Crippen LogP contribution in [0, 0.1) is 0 Å². The summed E-state index contributed by atoms with van der Waals surface area (Å²) < 4.78 is 75.9. The van der Waals surface area contributed by atoms with Gasteiger partial charge in [0.25, 0.3) is 0 Å². The molecule has 5 heteroatoms. The van der Waals surface area contributed by atoms with Crippen molar-refractivity contribution in [3.63, 3.8) is 0 Å². The molecule has 0 aliphatic heterocycles. The molecule has 0 spiro atoms. The predicted molar refractivity (Wildman–Crippen MR) is 277 cm³/mol. The van der Waals surface area contributed by atoms with Crippen molar-refractivity contribution in [2.75, 3.05) is 0 Å². The number of thiophene rings is 1. The van der Waals surface area contributed by atoms with Crippen LogP contribution in [0.2, 0.25) is 0 Å². The van der Waals surface area contributed by atoms with Crippen LogP contribution in [0.1, 0.15) is 11.0 Å². The molecule has 13 aromatic rings. The molecule has 3 aromatic heterocycles. The van der Waals surface area contributed by atoms with Gasteiger partial charge in [0.15, 0.2) is 17.5 Å². The summed E-state index contributed by atoms with van der Waals surface area (Å²) in [5.74, 6) is 1.15. The van der Waals surface area contributed by atoms with Crippen molar-refractivity contribution in [1.29, 1.82) is 0 Å². The molecule has 308 valence electrons. The molecular weight excluding hydrogens is 821 g/mol. The van der Waals surface area contributed by atoms with E-state index >= 15 is 0 Å². The second-order valence-corrected chi connectivity index (χ2v) is 17.2. The van der Waals surface area contributed by atoms with Gasteiger partial charge in [-0.1, -0.05) is 194 Å². The molecule has 0 N–H and O–H groups in total. The van der Waals surface area contributed by atoms with E-state index in [1.165, 1.54) is 20.2 Å². The fourth-order valence-corrected chi connectivity index (χ4v) is 10.4. The molecule has 0 radical (unpaired) electrons. The highest BCUT2D eigenvalue weighted by Gasteiger charge is 2.20. The van der Waals surface area contributed by atoms with Gasteiger partial charge in [0.1, 0.15) is 0 Å². The van der Waals surface area contributed by atoms with E-state index in [9.17, 15) is 2.74 Å². The van der Waals surface area contributed by atoms with E-state index in [0.29, 0.717) is 34.3 Å². The second-order valence-electron chi connectivity index (χ2n) is 16.2. The van der Waals surface area contributed by atoms with Gasteiger partial charge in [0.2, 0.25) is 0 Å². The average molecular weight is 867 g/mol. The van der Waals surface area contributed by atoms with Crippen molar-refractivity contribution in [3.8, 4) is 73.2 Å². The summed E-state index contributed by atoms with van der Waals surface area (Å²) in [6.45, 7) is 0. The highest BCUT2D eigenvalue weighted by atomic mass is 32.1. The van der Waals surface area contributed by atoms with Crippen molar-refractivity contribution in [1.82, 2.24) is 19.5 Å². The number of fused-ring (bicyclic) bond motifs is 7. The van der Waals surface area contributed by atoms with Crippen LogP contribution in [0.4, 0.5) is 0 Å². The van der Waals surface area contributed by atoms with E-state index in [1.807, 2.05) is 84.9 Å². The number of para-hydroxylation sites is 2. The van der Waals surface area contributed by atoms with Crippen molar-refractivity contribution in [3.05, 3.63) is 230 Å². The number of nitrogens with zero attached hydrogens (tertiary/aromatic N) is 4. The molecule has 0 aliphatic rings. The van der Waals surface area contributed by atoms with Crippen molar-refractivity contribution < 1.29 is 11.0 Å². The minimum absolute atomic E-state index is 0.00881. The number of hydrogen-bond acceptors (Lipinski definition) is 4. The molecule has 0 aliphatic carbocycles. The molecule has 0 saturated carbocycles. The van der Waals surface area contributed by atoms with Gasteiger partial charge in [-0.25, -0.2) is 15.0 Å². The third-order valence-corrected chi connectivity index (χ3v) is 13.5. The maximum atomic E-state index is 9.33. The van der Waals surface area contributed by atoms with Crippen LogP contribution in [0.25, 0.3) is 126 Å². The summed E-state index contributed by atoms with van der Waals surface area (Å²) in [7, 11) is 0. The molecule has 0 fully saturated rings. The summed E-state index contributed by atoms with van der Waals surface area (Å²) >= 11 is 1.78. The summed E-state index contributed by atoms with van der Waals surface area (Å²) in [6.07, 6.45) is 0. The topological polar surface area (TPSA) is 43.6 Å². The Hall–Kier alpha value is -8.51. The fourth-order valence-electron chi connectivity index (χ4n) is 9.12. The Morgan fingerprint density at radius 1 is 0.364 bits per heavy atom. The summed E-state index contributed by atoms with van der Waals surface area (Å²) in [5, 5.41) is 4.69. The zero-order valence-electron chi connectivity index (χ0n) is 43.0. The van der Waals surface area contributed by atoms with Crippen LogP contribution >= 0.6 is 11.3 Å². The van der Waals surface area contributed by atoms with E-state index in [-0.39, 0.29) is 33.9 Å². The fraction of sp³-hybridized carbons (Fsp3) is 0. The largest absolute Gasteiger partial charge is 0.309 e. The Morgan fingerprint density at radius 2 is 0.909 bits per heavy atom. The van der Waals surface area contributed by atoms with Crippen LogP contribution < -0.4 is 0 Å². The van der Waals surface area contributed by atoms with Crippen LogP contribution in [-0.4, -0.2) is 19.5 Å². The van der Waals surface area contributed by atoms with Crippen LogP contribution in [-0.2, 0) is 0 Å². The molecule has 0 bridgehead atoms. The Kier molecular flexibility index (Phi) is 7.24. The molecular formula is C61H38N4S. The van der Waals surface area contributed by atoms with Gasteiger partial charge in [-0.3, -0.25) is 0 Å². The Balaban J connectivity index is 1.04. The predicted octanol–water partition coefficient (Wildman–Crippen LogP) is 16.5. The van der Waals surface area contributed by atoms with Gasteiger partial charge < -0.3 is 4.57 Å². The molecule has 0 atom stereocenters. The zero-order chi connectivity index (χ0) is 50.5. The molecule has 0 amide bonds. The van der Waals surface area contributed by atoms with Crippen molar-refractivity contribution >= 4 is 64.1 Å². The monoisotopic (exact) mass is 866 g/mol. The van der Waals surface area contributed by atoms with Crippen LogP contribution in [0.3, 0.4) is 0 Å². The lowest BCUT2D eigenvalue weighted by Gasteiger charge is -2.16. The number of benzene rings is 10. The van der Waals surface area contributed by atoms with E-state index in [1.54, 1.807) is 15.9 Å². The molecule has 0 unspecified atom stereocenters. The first-order valence-electron chi connectivity index (χ1n) is 25.6. The minimum atomic E-state index is -0.508. The molecule has 4 nitrogen and oxygen atoms in total. The molecule has 0 saturated heterocycles. The van der Waals surface area contributed by atoms with Gasteiger partial charge in [-0.15, -0.1) is 11.3 Å². The van der Waals surface area contributed by atoms with Crippen molar-refractivity contribution in [2.24, 2.45) is 0 Å². The highest BCUT2D eigenvalue weighted by molar-refractivity contribution is 7.26. The van der Waals surface area contributed by atoms with Gasteiger partial charge in [0.05, 0.1) is 27.7 Å². The summed E-state index contributed by atoms with van der Waals surface area (Å²) in [5.41, 5.74) is 8.05. The van der Waals surface area contributed by atoms with E-state index < -0.39 is 36.3 Å². The number of hydrogen-bond donors (Lipinski definition) is 0. The van der Waals surface area contributed by atoms with E-state index in [2.05, 4.69) is 97.1 Å². The van der Waals surface area contributed by atoms with Gasteiger partial charge in [-0.05, 0) is 74.9 Å². The number of aromatic nitrogens is 4. The Labute approximate surface area is 396 Å². The van der Waals surface area contributed by atoms with Gasteiger partial charge >= 0.3 is 0 Å². The highest BCUT2D eigenvalue weighted by Crippen LogP contribution is 2.41. The smallest absolute Gasteiger partial charge is 0.164 e. The second kappa shape index (κ2) is 15.6. The summed E-state index contributed by atoms with van der Waals surface area (Å²) in [6, 6.07) is 57.4. The molecule has 13 rings (SSSR count). The standard InChI is InChI=1S/C61H38N4S/c1-2-15-40(16-3-1)48-35-34-47(38-56(48)65-54-25-9-6-20-50(54)51-21-7-10-26-55(51)65)61-63-59(42-31-29-41(30-32-42)49-23-13-24-53-52-22-8-11-27-57(52)66-58(49)53)62-60(64-61)46-19-12-18-44(37-46)45-33-28-39-14-4-5-17-43(39)36-45/h1-38H/i6D,7D,9D,10D,20D,21D,25D,26D. The summed E-state index contributed by atoms with van der Waals surface area (Å²) in [4.78, 5) is 15.6. The lowest BCUT2D eigenvalue weighted by molar-refractivity contribution is 1.07. The zero-order valence-corrected chi connectivity index (χ0v) is 35.8. The van der Waals surface area contributed by atoms with Crippen LogP contribution in [0.5, 0.6) is 0 Å². The normalized spacial score (nSPS) is 13.3. The van der Waals surface area contributed by atoms with E-state index in [0.717, 1.165) is 49.7 Å². The Bertz CT molecular complexity index is 4400. The Morgan fingerprint density at radius 3 is 1.70 bits per heavy atom. The third kappa shape index (κ3) is 6.48. The lowest BCUT2D eigenvalue weighted by Crippen LogP contribution is -2.02. The third-order valence-electron chi connectivity index (χ3n) is 12.3. The van der Waals surface area contributed by atoms with Gasteiger partial charge in [0, 0.05) is 53.2 Å². The first-order valence-corrected chi connectivity index (χ1v) is 22.4. The van der Waals surface area contributed by atoms with Crippen molar-refractivity contribution in [2.45, 2.75) is 0 Å². The van der Waals surface area contributed by atoms with Crippen LogP contribution in [0.15, 0.2) is 230 Å². The molecule has 66 heavy (non-hydrogen) atoms. The maximum absolute atomic E-state index is 9.33. The first kappa shape index (κ1) is 30.6. The average Bonchev–Trinajstić information content (AvgIpc) is 4.07. The van der Waals surface area contributed by atoms with Gasteiger partial charge in [-0.2, -0.15) is 0 Å². The molecule has 3 heterocycles. The lowest BCUT2D eigenvalue weighted by atomic mass is 9.99. The quantitative estimate of drug-likeness (QED) is 0.160. The SMILES string of the molecule is [2H]c1c([2H])c([2H])c2c(c1[2H])c1c([2H])c([2H])c([2H])c([2H])c1n2-c1cc(-c2nc(-c3ccc(-c4cccc5c4sc4ccccc45)cc3)nc(-c3cccc(-c4ccc5ccccc5c4)c3)n2)ccc1-c1ccccc1.